The first kappa shape index (κ1) is 15.7. The van der Waals surface area contributed by atoms with Crippen LogP contribution in [0.25, 0.3) is 0 Å². The van der Waals surface area contributed by atoms with Crippen molar-refractivity contribution in [3.8, 4) is 0 Å². The van der Waals surface area contributed by atoms with Gasteiger partial charge in [-0.05, 0) is 33.4 Å². The molecule has 0 saturated heterocycles. The Kier molecular flexibility index (Phi) is 6.02. The SMILES string of the molecule is CCn1ccnc(NC(CC(C)C)CN(C)C)c1=O. The number of rotatable bonds is 7. The zero-order valence-electron chi connectivity index (χ0n) is 12.7. The lowest BCUT2D eigenvalue weighted by Crippen LogP contribution is -2.36. The highest BCUT2D eigenvalue weighted by atomic mass is 16.1. The molecule has 0 aliphatic carbocycles. The van der Waals surface area contributed by atoms with Gasteiger partial charge in [0.25, 0.3) is 5.56 Å². The van der Waals surface area contributed by atoms with Crippen molar-refractivity contribution in [2.75, 3.05) is 26.0 Å². The van der Waals surface area contributed by atoms with Crippen LogP contribution in [-0.2, 0) is 6.54 Å². The van der Waals surface area contributed by atoms with Crippen LogP contribution in [0.1, 0.15) is 27.2 Å². The van der Waals surface area contributed by atoms with Crippen molar-refractivity contribution < 1.29 is 0 Å². The Balaban J connectivity index is 2.86. The largest absolute Gasteiger partial charge is 0.361 e. The number of likely N-dealkylation sites (N-methyl/N-ethyl adjacent to an activating group) is 1. The minimum absolute atomic E-state index is 0.0440. The van der Waals surface area contributed by atoms with Gasteiger partial charge in [-0.2, -0.15) is 0 Å². The van der Waals surface area contributed by atoms with E-state index >= 15 is 0 Å². The average molecular weight is 266 g/mol. The molecule has 1 heterocycles. The molecule has 1 unspecified atom stereocenters. The molecule has 0 fully saturated rings. The summed E-state index contributed by atoms with van der Waals surface area (Å²) in [6.45, 7) is 7.88. The van der Waals surface area contributed by atoms with E-state index in [1.807, 2.05) is 21.0 Å². The molecule has 1 rings (SSSR count). The highest BCUT2D eigenvalue weighted by molar-refractivity contribution is 5.32. The van der Waals surface area contributed by atoms with Crippen LogP contribution >= 0.6 is 0 Å². The molecule has 1 aromatic rings. The lowest BCUT2D eigenvalue weighted by molar-refractivity contribution is 0.355. The van der Waals surface area contributed by atoms with Crippen LogP contribution in [0.2, 0.25) is 0 Å². The fraction of sp³-hybridized carbons (Fsp3) is 0.714. The van der Waals surface area contributed by atoms with Crippen LogP contribution in [0.3, 0.4) is 0 Å². The fourth-order valence-corrected chi connectivity index (χ4v) is 2.18. The van der Waals surface area contributed by atoms with Gasteiger partial charge in [0, 0.05) is 31.5 Å². The summed E-state index contributed by atoms with van der Waals surface area (Å²) >= 11 is 0. The van der Waals surface area contributed by atoms with Gasteiger partial charge in [0.05, 0.1) is 0 Å². The maximum absolute atomic E-state index is 12.1. The van der Waals surface area contributed by atoms with E-state index in [0.29, 0.717) is 18.3 Å². The predicted octanol–water partition coefficient (Wildman–Crippen LogP) is 1.65. The minimum Gasteiger partial charge on any atom is -0.361 e. The fourth-order valence-electron chi connectivity index (χ4n) is 2.18. The molecule has 0 aromatic carbocycles. The summed E-state index contributed by atoms with van der Waals surface area (Å²) in [6, 6.07) is 0.239. The number of aromatic nitrogens is 2. The third-order valence-electron chi connectivity index (χ3n) is 2.94. The summed E-state index contributed by atoms with van der Waals surface area (Å²) in [5, 5.41) is 3.30. The summed E-state index contributed by atoms with van der Waals surface area (Å²) in [5.74, 6) is 1.03. The maximum atomic E-state index is 12.1. The van der Waals surface area contributed by atoms with Crippen molar-refractivity contribution in [2.24, 2.45) is 5.92 Å². The van der Waals surface area contributed by atoms with E-state index < -0.39 is 0 Å². The van der Waals surface area contributed by atoms with Crippen LogP contribution in [-0.4, -0.2) is 41.1 Å². The summed E-state index contributed by atoms with van der Waals surface area (Å²) < 4.78 is 1.66. The third-order valence-corrected chi connectivity index (χ3v) is 2.94. The van der Waals surface area contributed by atoms with E-state index in [1.165, 1.54) is 0 Å². The summed E-state index contributed by atoms with van der Waals surface area (Å²) in [6.07, 6.45) is 4.41. The molecule has 0 bridgehead atoms. The van der Waals surface area contributed by atoms with Crippen molar-refractivity contribution in [3.05, 3.63) is 22.7 Å². The van der Waals surface area contributed by atoms with Gasteiger partial charge in [-0.1, -0.05) is 13.8 Å². The molecule has 0 amide bonds. The van der Waals surface area contributed by atoms with Crippen LogP contribution < -0.4 is 10.9 Å². The van der Waals surface area contributed by atoms with Crippen molar-refractivity contribution >= 4 is 5.82 Å². The standard InChI is InChI=1S/C14H26N4O/c1-6-18-8-7-15-13(14(18)19)16-12(9-11(2)3)10-17(4)5/h7-8,11-12H,6,9-10H2,1-5H3,(H,15,16). The zero-order valence-corrected chi connectivity index (χ0v) is 12.7. The Morgan fingerprint density at radius 2 is 2.11 bits per heavy atom. The Morgan fingerprint density at radius 1 is 1.42 bits per heavy atom. The second kappa shape index (κ2) is 7.28. The van der Waals surface area contributed by atoms with Gasteiger partial charge in [-0.25, -0.2) is 4.98 Å². The topological polar surface area (TPSA) is 50.2 Å². The quantitative estimate of drug-likeness (QED) is 0.815. The number of aryl methyl sites for hydroxylation is 1. The molecular weight excluding hydrogens is 240 g/mol. The molecule has 1 atom stereocenters. The zero-order chi connectivity index (χ0) is 14.4. The molecule has 0 radical (unpaired) electrons. The van der Waals surface area contributed by atoms with Crippen LogP contribution in [0.4, 0.5) is 5.82 Å². The molecule has 0 aliphatic rings. The van der Waals surface area contributed by atoms with Gasteiger partial charge < -0.3 is 14.8 Å². The van der Waals surface area contributed by atoms with E-state index in [-0.39, 0.29) is 11.6 Å². The molecule has 0 aliphatic heterocycles. The molecule has 5 heteroatoms. The number of hydrogen-bond donors (Lipinski definition) is 1. The Bertz CT molecular complexity index is 429. The van der Waals surface area contributed by atoms with Gasteiger partial charge in [0.15, 0.2) is 5.82 Å². The monoisotopic (exact) mass is 266 g/mol. The van der Waals surface area contributed by atoms with E-state index in [1.54, 1.807) is 17.0 Å². The van der Waals surface area contributed by atoms with Crippen molar-refractivity contribution in [2.45, 2.75) is 39.8 Å². The lowest BCUT2D eigenvalue weighted by atomic mass is 10.0. The smallest absolute Gasteiger partial charge is 0.293 e. The first-order valence-corrected chi connectivity index (χ1v) is 6.90. The third kappa shape index (κ3) is 5.03. The van der Waals surface area contributed by atoms with Crippen molar-refractivity contribution in [3.63, 3.8) is 0 Å². The second-order valence-corrected chi connectivity index (χ2v) is 5.60. The van der Waals surface area contributed by atoms with Crippen molar-refractivity contribution in [1.29, 1.82) is 0 Å². The van der Waals surface area contributed by atoms with Crippen LogP contribution in [0.15, 0.2) is 17.2 Å². The van der Waals surface area contributed by atoms with Gasteiger partial charge in [0.2, 0.25) is 0 Å². The number of anilines is 1. The van der Waals surface area contributed by atoms with Gasteiger partial charge in [-0.15, -0.1) is 0 Å². The van der Waals surface area contributed by atoms with Crippen LogP contribution in [0, 0.1) is 5.92 Å². The highest BCUT2D eigenvalue weighted by Crippen LogP contribution is 2.09. The normalized spacial score (nSPS) is 13.0. The Labute approximate surface area is 115 Å². The molecule has 0 saturated carbocycles. The molecule has 5 nitrogen and oxygen atoms in total. The first-order valence-electron chi connectivity index (χ1n) is 6.90. The van der Waals surface area contributed by atoms with E-state index in [4.69, 9.17) is 0 Å². The second-order valence-electron chi connectivity index (χ2n) is 5.60. The minimum atomic E-state index is -0.0440. The molecule has 1 N–H and O–H groups in total. The van der Waals surface area contributed by atoms with Crippen LogP contribution in [0.5, 0.6) is 0 Å². The molecular formula is C14H26N4O. The summed E-state index contributed by atoms with van der Waals surface area (Å²) in [7, 11) is 4.08. The molecule has 19 heavy (non-hydrogen) atoms. The molecule has 0 spiro atoms. The highest BCUT2D eigenvalue weighted by Gasteiger charge is 2.14. The first-order chi connectivity index (χ1) is 8.93. The number of nitrogens with zero attached hydrogens (tertiary/aromatic N) is 3. The Morgan fingerprint density at radius 3 is 2.63 bits per heavy atom. The number of nitrogens with one attached hydrogen (secondary N) is 1. The van der Waals surface area contributed by atoms with E-state index in [2.05, 4.69) is 29.0 Å². The van der Waals surface area contributed by atoms with E-state index in [0.717, 1.165) is 13.0 Å². The lowest BCUT2D eigenvalue weighted by Gasteiger charge is -2.24. The predicted molar refractivity (Wildman–Crippen MR) is 79.6 cm³/mol. The summed E-state index contributed by atoms with van der Waals surface area (Å²) in [5.41, 5.74) is -0.0440. The number of hydrogen-bond acceptors (Lipinski definition) is 4. The van der Waals surface area contributed by atoms with Gasteiger partial charge in [0.1, 0.15) is 0 Å². The van der Waals surface area contributed by atoms with Gasteiger partial charge >= 0.3 is 0 Å². The molecule has 108 valence electrons. The molecule has 1 aromatic heterocycles. The van der Waals surface area contributed by atoms with Crippen molar-refractivity contribution in [1.82, 2.24) is 14.5 Å². The summed E-state index contributed by atoms with van der Waals surface area (Å²) in [4.78, 5) is 18.4. The maximum Gasteiger partial charge on any atom is 0.293 e. The Hall–Kier alpha value is -1.36. The average Bonchev–Trinajstić information content (AvgIpc) is 2.30. The van der Waals surface area contributed by atoms with E-state index in [9.17, 15) is 4.79 Å². The van der Waals surface area contributed by atoms with Gasteiger partial charge in [-0.3, -0.25) is 4.79 Å².